The fraction of sp³-hybridized carbons (Fsp3) is 0.478. The number of imidazole rings is 1. The maximum atomic E-state index is 10.7. The van der Waals surface area contributed by atoms with Crippen LogP contribution < -0.4 is 5.43 Å². The van der Waals surface area contributed by atoms with Crippen LogP contribution in [0.2, 0.25) is 0 Å². The van der Waals surface area contributed by atoms with Crippen molar-refractivity contribution in [3.05, 3.63) is 41.9 Å². The van der Waals surface area contributed by atoms with Gasteiger partial charge in [0.1, 0.15) is 5.76 Å². The van der Waals surface area contributed by atoms with Gasteiger partial charge in [0.05, 0.1) is 43.2 Å². The van der Waals surface area contributed by atoms with E-state index in [1.807, 2.05) is 23.9 Å². The molecule has 0 spiro atoms. The summed E-state index contributed by atoms with van der Waals surface area (Å²) in [5, 5.41) is 21.7. The molecule has 9 nitrogen and oxygen atoms in total. The fourth-order valence-corrected chi connectivity index (χ4v) is 4.56. The van der Waals surface area contributed by atoms with Crippen molar-refractivity contribution in [2.45, 2.75) is 45.6 Å². The van der Waals surface area contributed by atoms with Gasteiger partial charge in [-0.1, -0.05) is 13.3 Å². The highest BCUT2D eigenvalue weighted by molar-refractivity contribution is 5.88. The van der Waals surface area contributed by atoms with Crippen LogP contribution >= 0.6 is 0 Å². The molecule has 1 saturated carbocycles. The van der Waals surface area contributed by atoms with Crippen molar-refractivity contribution in [2.24, 2.45) is 16.4 Å². The molecule has 9 heteroatoms. The van der Waals surface area contributed by atoms with E-state index in [4.69, 9.17) is 14.6 Å². The van der Waals surface area contributed by atoms with Crippen LogP contribution in [0.15, 0.2) is 41.5 Å². The van der Waals surface area contributed by atoms with Crippen LogP contribution in [0.3, 0.4) is 0 Å². The molecule has 0 saturated heterocycles. The summed E-state index contributed by atoms with van der Waals surface area (Å²) >= 11 is 0. The third-order valence-corrected chi connectivity index (χ3v) is 5.98. The Kier molecular flexibility index (Phi) is 7.36. The molecule has 3 rings (SSSR count). The number of hydrazone groups is 1. The van der Waals surface area contributed by atoms with Crippen molar-refractivity contribution in [3.63, 3.8) is 0 Å². The lowest BCUT2D eigenvalue weighted by Gasteiger charge is -2.38. The Labute approximate surface area is 187 Å². The van der Waals surface area contributed by atoms with Gasteiger partial charge >= 0.3 is 6.09 Å². The molecule has 2 atom stereocenters. The zero-order valence-electron chi connectivity index (χ0n) is 18.7. The Hall–Kier alpha value is -3.54. The SMILES string of the molecule is CO/C(=C/C(=N\NC(=O)O)OC)CC1CCCC(C)(Cn2cnc3ccc(C#N)cc32)C1. The average molecular weight is 440 g/mol. The minimum Gasteiger partial charge on any atom is -0.501 e. The van der Waals surface area contributed by atoms with Crippen LogP contribution in [0.25, 0.3) is 11.0 Å². The third-order valence-electron chi connectivity index (χ3n) is 5.98. The summed E-state index contributed by atoms with van der Waals surface area (Å²) in [5.41, 5.74) is 4.54. The van der Waals surface area contributed by atoms with Gasteiger partial charge in [-0.3, -0.25) is 0 Å². The highest BCUT2D eigenvalue weighted by Gasteiger charge is 2.33. The minimum absolute atomic E-state index is 0.0844. The monoisotopic (exact) mass is 439 g/mol. The first-order valence-electron chi connectivity index (χ1n) is 10.6. The highest BCUT2D eigenvalue weighted by atomic mass is 16.5. The first kappa shape index (κ1) is 23.1. The summed E-state index contributed by atoms with van der Waals surface area (Å²) in [7, 11) is 3.02. The quantitative estimate of drug-likeness (QED) is 0.288. The summed E-state index contributed by atoms with van der Waals surface area (Å²) in [6, 6.07) is 7.78. The van der Waals surface area contributed by atoms with Gasteiger partial charge < -0.3 is 19.1 Å². The first-order chi connectivity index (χ1) is 15.4. The summed E-state index contributed by atoms with van der Waals surface area (Å²) < 4.78 is 12.8. The van der Waals surface area contributed by atoms with Gasteiger partial charge in [0.15, 0.2) is 0 Å². The van der Waals surface area contributed by atoms with Gasteiger partial charge in [-0.2, -0.15) is 5.26 Å². The van der Waals surface area contributed by atoms with E-state index in [0.29, 0.717) is 23.7 Å². The van der Waals surface area contributed by atoms with Crippen LogP contribution in [0.4, 0.5) is 4.79 Å². The zero-order valence-corrected chi connectivity index (χ0v) is 18.7. The standard InChI is InChI=1S/C23H29N5O4/c1-23(14-28-15-25-19-7-6-17(13-24)10-20(19)28)8-4-5-16(12-23)9-18(31-2)11-21(32-3)26-27-22(29)30/h6-7,10-11,15-16,27H,4-5,8-9,12,14H2,1-3H3,(H,29,30)/b18-11+,26-21+. The molecular weight excluding hydrogens is 410 g/mol. The number of amides is 1. The lowest BCUT2D eigenvalue weighted by Crippen LogP contribution is -2.30. The van der Waals surface area contributed by atoms with E-state index in [1.54, 1.807) is 19.3 Å². The average Bonchev–Trinajstić information content (AvgIpc) is 3.16. The second kappa shape index (κ2) is 10.2. The number of hydrogen-bond donors (Lipinski definition) is 2. The number of nitrogens with one attached hydrogen (secondary N) is 1. The largest absolute Gasteiger partial charge is 0.501 e. The van der Waals surface area contributed by atoms with Gasteiger partial charge in [-0.15, -0.1) is 5.10 Å². The molecule has 2 aromatic rings. The Balaban J connectivity index is 1.72. The molecule has 1 aliphatic carbocycles. The zero-order chi connectivity index (χ0) is 23.1. The fourth-order valence-electron chi connectivity index (χ4n) is 4.56. The van der Waals surface area contributed by atoms with E-state index in [0.717, 1.165) is 43.3 Å². The number of aromatic nitrogens is 2. The van der Waals surface area contributed by atoms with Crippen molar-refractivity contribution < 1.29 is 19.4 Å². The Bertz CT molecular complexity index is 1070. The number of carboxylic acid groups (broad SMARTS) is 1. The van der Waals surface area contributed by atoms with E-state index in [2.05, 4.69) is 27.6 Å². The van der Waals surface area contributed by atoms with Crippen molar-refractivity contribution in [3.8, 4) is 6.07 Å². The molecule has 1 aromatic heterocycles. The maximum absolute atomic E-state index is 10.7. The maximum Gasteiger partial charge on any atom is 0.425 e. The number of ether oxygens (including phenoxy) is 2. The molecule has 0 radical (unpaired) electrons. The van der Waals surface area contributed by atoms with Crippen LogP contribution in [-0.4, -0.2) is 40.9 Å². The summed E-state index contributed by atoms with van der Waals surface area (Å²) in [5.74, 6) is 1.25. The van der Waals surface area contributed by atoms with Crippen molar-refractivity contribution in [2.75, 3.05) is 14.2 Å². The number of nitriles is 1. The van der Waals surface area contributed by atoms with Crippen LogP contribution in [-0.2, 0) is 16.0 Å². The number of nitrogens with zero attached hydrogens (tertiary/aromatic N) is 4. The van der Waals surface area contributed by atoms with E-state index in [9.17, 15) is 10.1 Å². The number of fused-ring (bicyclic) bond motifs is 1. The summed E-state index contributed by atoms with van der Waals surface area (Å²) in [6.07, 6.45) is 7.26. The van der Waals surface area contributed by atoms with Gasteiger partial charge in [0.25, 0.3) is 0 Å². The molecule has 1 amide bonds. The molecule has 32 heavy (non-hydrogen) atoms. The molecule has 1 aliphatic rings. The summed E-state index contributed by atoms with van der Waals surface area (Å²) in [4.78, 5) is 15.2. The number of hydrogen-bond acceptors (Lipinski definition) is 6. The number of allylic oxidation sites excluding steroid dienone is 1. The number of rotatable bonds is 7. The highest BCUT2D eigenvalue weighted by Crippen LogP contribution is 2.43. The van der Waals surface area contributed by atoms with Crippen molar-refractivity contribution in [1.82, 2.24) is 15.0 Å². The van der Waals surface area contributed by atoms with Gasteiger partial charge in [0, 0.05) is 19.0 Å². The van der Waals surface area contributed by atoms with E-state index in [1.165, 1.54) is 7.11 Å². The predicted octanol–water partition coefficient (Wildman–Crippen LogP) is 4.25. The van der Waals surface area contributed by atoms with Gasteiger partial charge in [-0.25, -0.2) is 15.2 Å². The van der Waals surface area contributed by atoms with Crippen LogP contribution in [0.1, 0.15) is 44.6 Å². The molecule has 2 N–H and O–H groups in total. The number of carbonyl (C=O) groups is 1. The molecule has 1 fully saturated rings. The molecule has 0 aliphatic heterocycles. The predicted molar refractivity (Wildman–Crippen MR) is 120 cm³/mol. The molecular formula is C23H29N5O4. The first-order valence-corrected chi connectivity index (χ1v) is 10.6. The van der Waals surface area contributed by atoms with E-state index in [-0.39, 0.29) is 11.3 Å². The lowest BCUT2D eigenvalue weighted by molar-refractivity contribution is 0.124. The smallest absolute Gasteiger partial charge is 0.425 e. The summed E-state index contributed by atoms with van der Waals surface area (Å²) in [6.45, 7) is 3.13. The molecule has 170 valence electrons. The Morgan fingerprint density at radius 1 is 1.47 bits per heavy atom. The van der Waals surface area contributed by atoms with Crippen LogP contribution in [0.5, 0.6) is 0 Å². The molecule has 0 bridgehead atoms. The molecule has 1 heterocycles. The number of benzene rings is 1. The van der Waals surface area contributed by atoms with Crippen LogP contribution in [0, 0.1) is 22.7 Å². The van der Waals surface area contributed by atoms with Gasteiger partial charge in [0.2, 0.25) is 5.90 Å². The van der Waals surface area contributed by atoms with E-state index >= 15 is 0 Å². The lowest BCUT2D eigenvalue weighted by atomic mass is 9.69. The molecule has 2 unspecified atom stereocenters. The Morgan fingerprint density at radius 3 is 2.97 bits per heavy atom. The second-order valence-corrected chi connectivity index (χ2v) is 8.55. The van der Waals surface area contributed by atoms with Crippen molar-refractivity contribution >= 4 is 23.0 Å². The van der Waals surface area contributed by atoms with Crippen molar-refractivity contribution in [1.29, 1.82) is 5.26 Å². The topological polar surface area (TPSA) is 122 Å². The van der Waals surface area contributed by atoms with Gasteiger partial charge in [-0.05, 0) is 48.8 Å². The number of methoxy groups -OCH3 is 2. The minimum atomic E-state index is -1.26. The second-order valence-electron chi connectivity index (χ2n) is 8.55. The third kappa shape index (κ3) is 5.78. The normalized spacial score (nSPS) is 21.8. The van der Waals surface area contributed by atoms with E-state index < -0.39 is 6.09 Å². The Morgan fingerprint density at radius 2 is 2.28 bits per heavy atom. The molecule has 1 aromatic carbocycles.